The fourth-order valence-corrected chi connectivity index (χ4v) is 3.16. The van der Waals surface area contributed by atoms with Crippen molar-refractivity contribution in [2.24, 2.45) is 0 Å². The summed E-state index contributed by atoms with van der Waals surface area (Å²) in [5.74, 6) is 0. The number of rotatable bonds is 4. The number of nitrogens with zero attached hydrogens (tertiary/aromatic N) is 3. The number of halogens is 1. The van der Waals surface area contributed by atoms with Gasteiger partial charge in [-0.25, -0.2) is 4.98 Å². The van der Waals surface area contributed by atoms with E-state index in [1.54, 1.807) is 0 Å². The molecule has 108 valence electrons. The Bertz CT molecular complexity index is 812. The lowest BCUT2D eigenvalue weighted by molar-refractivity contribution is 0.741. The lowest BCUT2D eigenvalue weighted by atomic mass is 10.1. The van der Waals surface area contributed by atoms with Crippen molar-refractivity contribution in [3.05, 3.63) is 56.9 Å². The van der Waals surface area contributed by atoms with Crippen LogP contribution in [0.5, 0.6) is 0 Å². The number of benzene rings is 1. The van der Waals surface area contributed by atoms with Gasteiger partial charge < -0.3 is 5.32 Å². The third-order valence-electron chi connectivity index (χ3n) is 3.15. The van der Waals surface area contributed by atoms with Crippen molar-refractivity contribution in [3.8, 4) is 0 Å². The van der Waals surface area contributed by atoms with Gasteiger partial charge in [-0.05, 0) is 24.1 Å². The zero-order chi connectivity index (χ0) is 14.8. The minimum Gasteiger partial charge on any atom is -0.353 e. The van der Waals surface area contributed by atoms with Crippen LogP contribution in [0.2, 0.25) is 0 Å². The van der Waals surface area contributed by atoms with Gasteiger partial charge in [0, 0.05) is 16.7 Å². The molecule has 5 nitrogen and oxygen atoms in total. The van der Waals surface area contributed by atoms with Crippen molar-refractivity contribution in [3.63, 3.8) is 0 Å². The highest BCUT2D eigenvalue weighted by Crippen LogP contribution is 2.26. The van der Waals surface area contributed by atoms with Crippen molar-refractivity contribution in [2.45, 2.75) is 19.4 Å². The van der Waals surface area contributed by atoms with E-state index in [9.17, 15) is 4.79 Å². The quantitative estimate of drug-likeness (QED) is 0.769. The van der Waals surface area contributed by atoms with Crippen molar-refractivity contribution in [1.29, 1.82) is 0 Å². The Hall–Kier alpha value is -1.73. The van der Waals surface area contributed by atoms with E-state index >= 15 is 0 Å². The summed E-state index contributed by atoms with van der Waals surface area (Å²) in [5.41, 5.74) is 1.02. The summed E-state index contributed by atoms with van der Waals surface area (Å²) in [5, 5.41) is 8.35. The molecule has 0 aliphatic carbocycles. The van der Waals surface area contributed by atoms with Gasteiger partial charge in [-0.3, -0.25) is 4.79 Å². The molecule has 0 radical (unpaired) electrons. The molecule has 0 aliphatic rings. The van der Waals surface area contributed by atoms with E-state index in [-0.39, 0.29) is 11.6 Å². The minimum atomic E-state index is -0.166. The maximum atomic E-state index is 11.7. The summed E-state index contributed by atoms with van der Waals surface area (Å²) in [6, 6.07) is 9.73. The maximum absolute atomic E-state index is 11.7. The predicted molar refractivity (Wildman–Crippen MR) is 87.9 cm³/mol. The van der Waals surface area contributed by atoms with E-state index in [1.807, 2.05) is 12.1 Å². The van der Waals surface area contributed by atoms with Crippen LogP contribution < -0.4 is 10.9 Å². The average molecular weight is 365 g/mol. The SMILES string of the molecule is CCC(Nc1nn2c(=O)ccnc2s1)c1ccc(Br)cc1. The van der Waals surface area contributed by atoms with Crippen LogP contribution in [-0.4, -0.2) is 14.6 Å². The minimum absolute atomic E-state index is 0.148. The van der Waals surface area contributed by atoms with Crippen LogP contribution >= 0.6 is 27.3 Å². The zero-order valence-electron chi connectivity index (χ0n) is 11.3. The van der Waals surface area contributed by atoms with E-state index in [4.69, 9.17) is 0 Å². The third-order valence-corrected chi connectivity index (χ3v) is 4.53. The molecule has 0 bridgehead atoms. The summed E-state index contributed by atoms with van der Waals surface area (Å²) >= 11 is 4.81. The third kappa shape index (κ3) is 2.98. The molecule has 1 N–H and O–H groups in total. The largest absolute Gasteiger partial charge is 0.353 e. The standard InChI is InChI=1S/C14H13BrN4OS/c1-2-11(9-3-5-10(15)6-4-9)17-13-18-19-12(20)7-8-16-14(19)21-13/h3-8,11H,2H2,1H3,(H,17,18). The van der Waals surface area contributed by atoms with Crippen LogP contribution in [0.25, 0.3) is 4.96 Å². The molecule has 0 aliphatic heterocycles. The number of hydrogen-bond acceptors (Lipinski definition) is 5. The Labute approximate surface area is 133 Å². The Morgan fingerprint density at radius 1 is 1.33 bits per heavy atom. The summed E-state index contributed by atoms with van der Waals surface area (Å²) < 4.78 is 2.37. The van der Waals surface area contributed by atoms with Gasteiger partial charge in [-0.2, -0.15) is 4.52 Å². The Balaban J connectivity index is 1.90. The zero-order valence-corrected chi connectivity index (χ0v) is 13.7. The Morgan fingerprint density at radius 2 is 2.10 bits per heavy atom. The van der Waals surface area contributed by atoms with Gasteiger partial charge in [-0.1, -0.05) is 46.3 Å². The van der Waals surface area contributed by atoms with Crippen molar-refractivity contribution in [2.75, 3.05) is 5.32 Å². The lowest BCUT2D eigenvalue weighted by Crippen LogP contribution is -2.14. The van der Waals surface area contributed by atoms with E-state index in [0.717, 1.165) is 10.9 Å². The monoisotopic (exact) mass is 364 g/mol. The topological polar surface area (TPSA) is 59.3 Å². The molecule has 3 rings (SSSR count). The van der Waals surface area contributed by atoms with Gasteiger partial charge >= 0.3 is 0 Å². The molecule has 2 aromatic heterocycles. The second-order valence-electron chi connectivity index (χ2n) is 4.54. The molecule has 0 saturated heterocycles. The molecule has 2 heterocycles. The van der Waals surface area contributed by atoms with Crippen LogP contribution in [0.1, 0.15) is 24.9 Å². The Morgan fingerprint density at radius 3 is 2.76 bits per heavy atom. The van der Waals surface area contributed by atoms with Crippen LogP contribution in [0.15, 0.2) is 45.8 Å². The normalized spacial score (nSPS) is 12.5. The van der Waals surface area contributed by atoms with Crippen LogP contribution in [0.3, 0.4) is 0 Å². The highest BCUT2D eigenvalue weighted by Gasteiger charge is 2.13. The van der Waals surface area contributed by atoms with E-state index < -0.39 is 0 Å². The van der Waals surface area contributed by atoms with Gasteiger partial charge in [-0.15, -0.1) is 5.10 Å². The summed E-state index contributed by atoms with van der Waals surface area (Å²) in [4.78, 5) is 16.4. The van der Waals surface area contributed by atoms with Gasteiger partial charge in [0.1, 0.15) is 0 Å². The first-order valence-corrected chi connectivity index (χ1v) is 8.15. The average Bonchev–Trinajstić information content (AvgIpc) is 2.90. The molecule has 7 heteroatoms. The maximum Gasteiger partial charge on any atom is 0.275 e. The predicted octanol–water partition coefficient (Wildman–Crippen LogP) is 3.48. The molecule has 3 aromatic rings. The lowest BCUT2D eigenvalue weighted by Gasteiger charge is -2.16. The van der Waals surface area contributed by atoms with Gasteiger partial charge in [0.05, 0.1) is 6.04 Å². The molecule has 0 saturated carbocycles. The van der Waals surface area contributed by atoms with Crippen LogP contribution in [0, 0.1) is 0 Å². The smallest absolute Gasteiger partial charge is 0.275 e. The molecule has 1 unspecified atom stereocenters. The molecule has 0 fully saturated rings. The molecule has 21 heavy (non-hydrogen) atoms. The Kier molecular flexibility index (Phi) is 4.03. The molecular weight excluding hydrogens is 352 g/mol. The van der Waals surface area contributed by atoms with Crippen LogP contribution in [0.4, 0.5) is 5.13 Å². The van der Waals surface area contributed by atoms with Gasteiger partial charge in [0.2, 0.25) is 10.1 Å². The van der Waals surface area contributed by atoms with Crippen LogP contribution in [-0.2, 0) is 0 Å². The number of fused-ring (bicyclic) bond motifs is 1. The number of hydrogen-bond donors (Lipinski definition) is 1. The first-order chi connectivity index (χ1) is 10.2. The van der Waals surface area contributed by atoms with E-state index in [0.29, 0.717) is 10.1 Å². The number of aromatic nitrogens is 3. The highest BCUT2D eigenvalue weighted by molar-refractivity contribution is 9.10. The summed E-state index contributed by atoms with van der Waals surface area (Å²) in [6.07, 6.45) is 2.42. The second-order valence-corrected chi connectivity index (χ2v) is 6.41. The summed E-state index contributed by atoms with van der Waals surface area (Å²) in [7, 11) is 0. The van der Waals surface area contributed by atoms with Gasteiger partial charge in [0.25, 0.3) is 5.56 Å². The van der Waals surface area contributed by atoms with Crippen molar-refractivity contribution in [1.82, 2.24) is 14.6 Å². The second kappa shape index (κ2) is 5.95. The number of nitrogens with one attached hydrogen (secondary N) is 1. The fraction of sp³-hybridized carbons (Fsp3) is 0.214. The highest BCUT2D eigenvalue weighted by atomic mass is 79.9. The van der Waals surface area contributed by atoms with E-state index in [1.165, 1.54) is 33.7 Å². The molecular formula is C14H13BrN4OS. The number of anilines is 1. The summed E-state index contributed by atoms with van der Waals surface area (Å²) in [6.45, 7) is 2.11. The molecule has 0 amide bonds. The first kappa shape index (κ1) is 14.2. The first-order valence-electron chi connectivity index (χ1n) is 6.54. The van der Waals surface area contributed by atoms with Crippen molar-refractivity contribution >= 4 is 37.4 Å². The fourth-order valence-electron chi connectivity index (χ4n) is 2.07. The molecule has 0 spiro atoms. The van der Waals surface area contributed by atoms with Gasteiger partial charge in [0.15, 0.2) is 0 Å². The van der Waals surface area contributed by atoms with Crippen molar-refractivity contribution < 1.29 is 0 Å². The molecule has 1 atom stereocenters. The molecule has 1 aromatic carbocycles. The van der Waals surface area contributed by atoms with E-state index in [2.05, 4.69) is 50.4 Å².